The molecule has 96 valence electrons. The number of rotatable bonds is 3. The molecule has 0 atom stereocenters. The first-order valence-corrected chi connectivity index (χ1v) is 6.65. The zero-order chi connectivity index (χ0) is 13.9. The number of nitrogens with one attached hydrogen (secondary N) is 1. The summed E-state index contributed by atoms with van der Waals surface area (Å²) < 4.78 is 39.3. The largest absolute Gasteiger partial charge is 0.279 e. The van der Waals surface area contributed by atoms with E-state index < -0.39 is 15.8 Å². The Bertz CT molecular complexity index is 754. The van der Waals surface area contributed by atoms with Crippen LogP contribution in [0.5, 0.6) is 0 Å². The second kappa shape index (κ2) is 5.04. The van der Waals surface area contributed by atoms with Gasteiger partial charge in [-0.15, -0.1) is 0 Å². The van der Waals surface area contributed by atoms with Crippen LogP contribution in [0.1, 0.15) is 5.69 Å². The first-order valence-electron chi connectivity index (χ1n) is 5.16. The van der Waals surface area contributed by atoms with Gasteiger partial charge in [-0.1, -0.05) is 6.07 Å². The fourth-order valence-electron chi connectivity index (χ4n) is 1.45. The van der Waals surface area contributed by atoms with Gasteiger partial charge in [0.2, 0.25) is 0 Å². The minimum Gasteiger partial charge on any atom is -0.279 e. The lowest BCUT2D eigenvalue weighted by Gasteiger charge is -2.08. The van der Waals surface area contributed by atoms with Gasteiger partial charge in [-0.25, -0.2) is 17.8 Å². The highest BCUT2D eigenvalue weighted by molar-refractivity contribution is 7.92. The Morgan fingerprint density at radius 3 is 2.74 bits per heavy atom. The molecule has 0 saturated heterocycles. The summed E-state index contributed by atoms with van der Waals surface area (Å²) in [5.74, 6) is -0.563. The number of sulfonamides is 1. The minimum absolute atomic E-state index is 0.0766. The van der Waals surface area contributed by atoms with Crippen molar-refractivity contribution in [2.45, 2.75) is 4.90 Å². The van der Waals surface area contributed by atoms with Crippen molar-refractivity contribution in [2.75, 3.05) is 4.72 Å². The summed E-state index contributed by atoms with van der Waals surface area (Å²) in [5, 5.41) is 8.83. The molecule has 7 heteroatoms. The summed E-state index contributed by atoms with van der Waals surface area (Å²) in [4.78, 5) is 3.42. The number of halogens is 1. The molecule has 0 saturated carbocycles. The maximum atomic E-state index is 13.0. The number of nitrogens with zero attached hydrogens (tertiary/aromatic N) is 2. The van der Waals surface area contributed by atoms with Crippen molar-refractivity contribution in [2.24, 2.45) is 0 Å². The molecular weight excluding hydrogens is 269 g/mol. The molecule has 1 aromatic carbocycles. The third-order valence-electron chi connectivity index (χ3n) is 2.24. The van der Waals surface area contributed by atoms with Crippen LogP contribution in [-0.2, 0) is 10.0 Å². The van der Waals surface area contributed by atoms with Crippen LogP contribution in [0, 0.1) is 17.1 Å². The van der Waals surface area contributed by atoms with E-state index in [0.29, 0.717) is 0 Å². The second-order valence-corrected chi connectivity index (χ2v) is 5.23. The maximum Gasteiger partial charge on any atom is 0.264 e. The highest BCUT2D eigenvalue weighted by Gasteiger charge is 2.19. The van der Waals surface area contributed by atoms with E-state index in [1.807, 2.05) is 0 Å². The number of anilines is 1. The fraction of sp³-hybridized carbons (Fsp3) is 0. The van der Waals surface area contributed by atoms with E-state index in [1.165, 1.54) is 36.5 Å². The Kier molecular flexibility index (Phi) is 3.44. The summed E-state index contributed by atoms with van der Waals surface area (Å²) in [6.07, 6.45) is 1.32. The number of pyridine rings is 1. The lowest BCUT2D eigenvalue weighted by atomic mass is 10.3. The van der Waals surface area contributed by atoms with Crippen LogP contribution in [0.2, 0.25) is 0 Å². The van der Waals surface area contributed by atoms with Crippen LogP contribution >= 0.6 is 0 Å². The Morgan fingerprint density at radius 2 is 2.05 bits per heavy atom. The molecule has 2 rings (SSSR count). The molecule has 0 aliphatic carbocycles. The predicted molar refractivity (Wildman–Crippen MR) is 66.2 cm³/mol. The lowest BCUT2D eigenvalue weighted by Crippen LogP contribution is -2.15. The van der Waals surface area contributed by atoms with Crippen LogP contribution in [0.4, 0.5) is 10.1 Å². The average Bonchev–Trinajstić information content (AvgIpc) is 2.38. The van der Waals surface area contributed by atoms with E-state index in [0.717, 1.165) is 6.07 Å². The van der Waals surface area contributed by atoms with Gasteiger partial charge in [0.1, 0.15) is 16.8 Å². The van der Waals surface area contributed by atoms with E-state index in [2.05, 4.69) is 9.71 Å². The summed E-state index contributed by atoms with van der Waals surface area (Å²) in [7, 11) is -3.97. The van der Waals surface area contributed by atoms with E-state index in [-0.39, 0.29) is 16.3 Å². The van der Waals surface area contributed by atoms with Gasteiger partial charge in [-0.05, 0) is 30.3 Å². The van der Waals surface area contributed by atoms with E-state index in [1.54, 1.807) is 6.07 Å². The number of benzene rings is 1. The molecular formula is C12H8FN3O2S. The zero-order valence-electron chi connectivity index (χ0n) is 9.54. The van der Waals surface area contributed by atoms with Gasteiger partial charge in [0.25, 0.3) is 10.0 Å². The molecule has 0 radical (unpaired) electrons. The fourth-order valence-corrected chi connectivity index (χ4v) is 2.61. The van der Waals surface area contributed by atoms with Gasteiger partial charge < -0.3 is 0 Å². The normalized spacial score (nSPS) is 10.7. The van der Waals surface area contributed by atoms with Crippen molar-refractivity contribution in [1.82, 2.24) is 4.98 Å². The third kappa shape index (κ3) is 2.86. The molecule has 0 bridgehead atoms. The lowest BCUT2D eigenvalue weighted by molar-refractivity contribution is 0.600. The van der Waals surface area contributed by atoms with Gasteiger partial charge in [0.15, 0.2) is 5.69 Å². The number of hydrogen-bond donors (Lipinski definition) is 1. The van der Waals surface area contributed by atoms with Crippen LogP contribution < -0.4 is 4.72 Å². The van der Waals surface area contributed by atoms with Crippen LogP contribution in [0.15, 0.2) is 47.5 Å². The maximum absolute atomic E-state index is 13.0. The summed E-state index contributed by atoms with van der Waals surface area (Å²) in [6.45, 7) is 0. The van der Waals surface area contributed by atoms with E-state index >= 15 is 0 Å². The molecule has 1 N–H and O–H groups in total. The minimum atomic E-state index is -3.97. The highest BCUT2D eigenvalue weighted by atomic mass is 32.2. The molecule has 0 aliphatic rings. The van der Waals surface area contributed by atoms with Crippen molar-refractivity contribution >= 4 is 15.7 Å². The van der Waals surface area contributed by atoms with Crippen molar-refractivity contribution in [3.05, 3.63) is 54.1 Å². The smallest absolute Gasteiger partial charge is 0.264 e. The molecule has 19 heavy (non-hydrogen) atoms. The molecule has 2 aromatic rings. The standard InChI is InChI=1S/C12H8FN3O2S/c13-9-3-1-4-10(7-9)16-19(17,18)12-5-2-6-15-11(12)8-14/h1-7,16H. The number of aromatic nitrogens is 1. The second-order valence-electron chi connectivity index (χ2n) is 3.58. The number of hydrogen-bond acceptors (Lipinski definition) is 4. The molecule has 0 aliphatic heterocycles. The van der Waals surface area contributed by atoms with E-state index in [9.17, 15) is 12.8 Å². The van der Waals surface area contributed by atoms with Gasteiger partial charge >= 0.3 is 0 Å². The van der Waals surface area contributed by atoms with Crippen molar-refractivity contribution in [3.63, 3.8) is 0 Å². The van der Waals surface area contributed by atoms with Crippen LogP contribution in [0.3, 0.4) is 0 Å². The first kappa shape index (κ1) is 13.0. The van der Waals surface area contributed by atoms with Gasteiger partial charge in [-0.2, -0.15) is 5.26 Å². The molecule has 0 fully saturated rings. The van der Waals surface area contributed by atoms with Gasteiger partial charge in [-0.3, -0.25) is 4.72 Å². The molecule has 1 heterocycles. The Hall–Kier alpha value is -2.46. The summed E-state index contributed by atoms with van der Waals surface area (Å²) in [6, 6.07) is 9.38. The summed E-state index contributed by atoms with van der Waals surface area (Å²) in [5.41, 5.74) is -0.140. The van der Waals surface area contributed by atoms with Gasteiger partial charge in [0, 0.05) is 6.20 Å². The first-order chi connectivity index (χ1) is 9.03. The quantitative estimate of drug-likeness (QED) is 0.928. The number of nitriles is 1. The molecule has 0 amide bonds. The SMILES string of the molecule is N#Cc1ncccc1S(=O)(=O)Nc1cccc(F)c1. The molecule has 5 nitrogen and oxygen atoms in total. The molecule has 1 aromatic heterocycles. The third-order valence-corrected chi connectivity index (χ3v) is 3.66. The topological polar surface area (TPSA) is 82.8 Å². The van der Waals surface area contributed by atoms with Crippen molar-refractivity contribution in [1.29, 1.82) is 5.26 Å². The van der Waals surface area contributed by atoms with Crippen molar-refractivity contribution < 1.29 is 12.8 Å². The van der Waals surface area contributed by atoms with Crippen LogP contribution in [-0.4, -0.2) is 13.4 Å². The van der Waals surface area contributed by atoms with Crippen LogP contribution in [0.25, 0.3) is 0 Å². The average molecular weight is 277 g/mol. The monoisotopic (exact) mass is 277 g/mol. The molecule has 0 spiro atoms. The Labute approximate surface area is 109 Å². The summed E-state index contributed by atoms with van der Waals surface area (Å²) >= 11 is 0. The zero-order valence-corrected chi connectivity index (χ0v) is 10.4. The Balaban J connectivity index is 2.41. The van der Waals surface area contributed by atoms with E-state index in [4.69, 9.17) is 5.26 Å². The van der Waals surface area contributed by atoms with Crippen molar-refractivity contribution in [3.8, 4) is 6.07 Å². The Morgan fingerprint density at radius 1 is 1.26 bits per heavy atom. The highest BCUT2D eigenvalue weighted by Crippen LogP contribution is 2.18. The molecule has 0 unspecified atom stereocenters. The van der Waals surface area contributed by atoms with Gasteiger partial charge in [0.05, 0.1) is 5.69 Å². The predicted octanol–water partition coefficient (Wildman–Crippen LogP) is 1.89.